The zero-order chi connectivity index (χ0) is 43.5. The van der Waals surface area contributed by atoms with Crippen molar-refractivity contribution in [1.29, 1.82) is 0 Å². The molecule has 0 amide bonds. The SMILES string of the molecule is CCC.Cc1cccc(-c2cccc3c2oc2cc(P)c(-c4cccc(-c5cccc(-n6c7ccccc7c7ccccc76)c5)c4)cc23)c1.Cc1ccccc1-c1ccccc1C. The summed E-state index contributed by atoms with van der Waals surface area (Å²) in [7, 11) is 2.94. The highest BCUT2D eigenvalue weighted by Crippen LogP contribution is 2.39. The van der Waals surface area contributed by atoms with E-state index in [0.717, 1.165) is 38.5 Å². The Bertz CT molecular complexity index is 3310. The van der Waals surface area contributed by atoms with Gasteiger partial charge in [0, 0.05) is 32.8 Å². The van der Waals surface area contributed by atoms with Crippen molar-refractivity contribution in [2.24, 2.45) is 0 Å². The van der Waals surface area contributed by atoms with Crippen molar-refractivity contribution in [1.82, 2.24) is 4.57 Å². The Morgan fingerprint density at radius 3 is 1.54 bits per heavy atom. The van der Waals surface area contributed by atoms with Crippen LogP contribution >= 0.6 is 9.24 Å². The van der Waals surface area contributed by atoms with E-state index in [2.05, 4.69) is 249 Å². The lowest BCUT2D eigenvalue weighted by molar-refractivity contribution is 0.670. The Balaban J connectivity index is 0.000000250. The van der Waals surface area contributed by atoms with Crippen LogP contribution in [0.25, 0.3) is 93.9 Å². The minimum Gasteiger partial charge on any atom is -0.455 e. The zero-order valence-corrected chi connectivity index (χ0v) is 37.8. The molecule has 9 aromatic carbocycles. The van der Waals surface area contributed by atoms with Gasteiger partial charge in [0.25, 0.3) is 0 Å². The monoisotopic (exact) mass is 833 g/mol. The Morgan fingerprint density at radius 1 is 0.413 bits per heavy atom. The molecule has 2 nitrogen and oxygen atoms in total. The first-order valence-electron chi connectivity index (χ1n) is 22.0. The van der Waals surface area contributed by atoms with E-state index in [0.29, 0.717) is 0 Å². The number of hydrogen-bond donors (Lipinski definition) is 0. The highest BCUT2D eigenvalue weighted by molar-refractivity contribution is 7.28. The smallest absolute Gasteiger partial charge is 0.143 e. The molecule has 0 bridgehead atoms. The maximum absolute atomic E-state index is 6.54. The summed E-state index contributed by atoms with van der Waals surface area (Å²) in [4.78, 5) is 0. The van der Waals surface area contributed by atoms with Crippen LogP contribution in [-0.4, -0.2) is 4.57 Å². The van der Waals surface area contributed by atoms with E-state index in [1.807, 2.05) is 0 Å². The molecule has 0 aliphatic heterocycles. The molecule has 3 heteroatoms. The van der Waals surface area contributed by atoms with Crippen molar-refractivity contribution in [2.75, 3.05) is 0 Å². The van der Waals surface area contributed by atoms with Crippen molar-refractivity contribution in [3.8, 4) is 50.2 Å². The summed E-state index contributed by atoms with van der Waals surface area (Å²) >= 11 is 0. The summed E-state index contributed by atoms with van der Waals surface area (Å²) in [6.07, 6.45) is 1.25. The fourth-order valence-electron chi connectivity index (χ4n) is 8.79. The lowest BCUT2D eigenvalue weighted by Crippen LogP contribution is -1.97. The van der Waals surface area contributed by atoms with Crippen molar-refractivity contribution in [3.63, 3.8) is 0 Å². The zero-order valence-electron chi connectivity index (χ0n) is 36.7. The number of benzene rings is 9. The van der Waals surface area contributed by atoms with E-state index in [1.54, 1.807) is 0 Å². The summed E-state index contributed by atoms with van der Waals surface area (Å²) in [5.41, 5.74) is 19.0. The quantitative estimate of drug-likeness (QED) is 0.158. The summed E-state index contributed by atoms with van der Waals surface area (Å²) in [5.74, 6) is 0. The van der Waals surface area contributed by atoms with Gasteiger partial charge in [0.05, 0.1) is 11.0 Å². The summed E-state index contributed by atoms with van der Waals surface area (Å²) in [5, 5.41) is 5.91. The number of rotatable bonds is 5. The minimum absolute atomic E-state index is 0.902. The van der Waals surface area contributed by atoms with Gasteiger partial charge in [-0.2, -0.15) is 0 Å². The van der Waals surface area contributed by atoms with Crippen LogP contribution in [0.3, 0.4) is 0 Å². The largest absolute Gasteiger partial charge is 0.455 e. The molecule has 1 atom stereocenters. The fraction of sp³-hybridized carbons (Fsp3) is 0.100. The first-order valence-corrected chi connectivity index (χ1v) is 22.5. The maximum atomic E-state index is 6.54. The van der Waals surface area contributed by atoms with Gasteiger partial charge in [0.15, 0.2) is 0 Å². The summed E-state index contributed by atoms with van der Waals surface area (Å²) in [6, 6.07) is 71.6. The first-order chi connectivity index (χ1) is 30.8. The summed E-state index contributed by atoms with van der Waals surface area (Å²) < 4.78 is 8.91. The molecule has 0 aliphatic rings. The Hall–Kier alpha value is -6.99. The molecular formula is C60H52NOP. The molecule has 1 unspecified atom stereocenters. The normalized spacial score (nSPS) is 11.1. The van der Waals surface area contributed by atoms with E-state index in [4.69, 9.17) is 4.42 Å². The third-order valence-electron chi connectivity index (χ3n) is 11.8. The van der Waals surface area contributed by atoms with Gasteiger partial charge in [-0.3, -0.25) is 0 Å². The summed E-state index contributed by atoms with van der Waals surface area (Å²) in [6.45, 7) is 10.7. The third-order valence-corrected chi connectivity index (χ3v) is 12.2. The van der Waals surface area contributed by atoms with Gasteiger partial charge in [0.2, 0.25) is 0 Å². The fourth-order valence-corrected chi connectivity index (χ4v) is 9.19. The Kier molecular flexibility index (Phi) is 11.9. The van der Waals surface area contributed by atoms with Crippen LogP contribution in [0.2, 0.25) is 0 Å². The van der Waals surface area contributed by atoms with E-state index < -0.39 is 0 Å². The van der Waals surface area contributed by atoms with Crippen molar-refractivity contribution >= 4 is 58.3 Å². The number of para-hydroxylation sites is 3. The van der Waals surface area contributed by atoms with Crippen LogP contribution in [-0.2, 0) is 0 Å². The van der Waals surface area contributed by atoms with E-state index in [9.17, 15) is 0 Å². The molecule has 0 saturated carbocycles. The Morgan fingerprint density at radius 2 is 0.905 bits per heavy atom. The molecule has 0 spiro atoms. The van der Waals surface area contributed by atoms with Gasteiger partial charge in [-0.25, -0.2) is 0 Å². The number of furan rings is 1. The van der Waals surface area contributed by atoms with E-state index >= 15 is 0 Å². The molecular weight excluding hydrogens is 782 g/mol. The van der Waals surface area contributed by atoms with E-state index in [1.165, 1.54) is 83.9 Å². The first kappa shape index (κ1) is 41.4. The van der Waals surface area contributed by atoms with Crippen LogP contribution in [0.15, 0.2) is 205 Å². The standard InChI is InChI=1S/C43H30NOP.C14H14.C3H8/c1-27-10-6-13-30(22-27)33-18-9-19-36-38-25-37(42(46)26-41(38)45-43(33)36)31-14-7-11-28(23-31)29-12-8-15-32(24-29)44-39-20-4-2-16-34(39)35-17-3-5-21-40(35)44;1-11-7-3-5-9-13(11)14-10-6-4-8-12(14)2;1-3-2/h2-26H,46H2,1H3;3-10H,1-2H3;3H2,1-2H3. The molecule has 11 aromatic rings. The molecule has 0 fully saturated rings. The van der Waals surface area contributed by atoms with Crippen molar-refractivity contribution in [3.05, 3.63) is 217 Å². The van der Waals surface area contributed by atoms with Crippen molar-refractivity contribution in [2.45, 2.75) is 41.0 Å². The second-order valence-corrected chi connectivity index (χ2v) is 17.0. The second kappa shape index (κ2) is 18.2. The number of aryl methyl sites for hydroxylation is 3. The van der Waals surface area contributed by atoms with Gasteiger partial charge < -0.3 is 8.98 Å². The van der Waals surface area contributed by atoms with Gasteiger partial charge in [-0.15, -0.1) is 9.24 Å². The van der Waals surface area contributed by atoms with E-state index in [-0.39, 0.29) is 0 Å². The topological polar surface area (TPSA) is 18.1 Å². The molecule has 0 saturated heterocycles. The predicted octanol–water partition coefficient (Wildman–Crippen LogP) is 16.9. The maximum Gasteiger partial charge on any atom is 0.143 e. The minimum atomic E-state index is 0.902. The molecule has 0 N–H and O–H groups in total. The van der Waals surface area contributed by atoms with Crippen LogP contribution in [0.4, 0.5) is 0 Å². The molecule has 0 radical (unpaired) electrons. The molecule has 63 heavy (non-hydrogen) atoms. The van der Waals surface area contributed by atoms with Crippen LogP contribution in [0.1, 0.15) is 37.0 Å². The average Bonchev–Trinajstić information content (AvgIpc) is 3.85. The molecule has 2 aromatic heterocycles. The number of fused-ring (bicyclic) bond motifs is 6. The lowest BCUT2D eigenvalue weighted by atomic mass is 9.97. The molecule has 308 valence electrons. The van der Waals surface area contributed by atoms with Gasteiger partial charge >= 0.3 is 0 Å². The van der Waals surface area contributed by atoms with Gasteiger partial charge in [-0.1, -0.05) is 184 Å². The molecule has 0 aliphatic carbocycles. The number of hydrogen-bond acceptors (Lipinski definition) is 1. The highest BCUT2D eigenvalue weighted by atomic mass is 31.0. The van der Waals surface area contributed by atoms with Crippen LogP contribution in [0, 0.1) is 20.8 Å². The van der Waals surface area contributed by atoms with Gasteiger partial charge in [0.1, 0.15) is 11.2 Å². The van der Waals surface area contributed by atoms with Crippen LogP contribution < -0.4 is 5.30 Å². The van der Waals surface area contributed by atoms with Gasteiger partial charge in [-0.05, 0) is 119 Å². The lowest BCUT2D eigenvalue weighted by Gasteiger charge is -2.12. The predicted molar refractivity (Wildman–Crippen MR) is 276 cm³/mol. The molecule has 11 rings (SSSR count). The Labute approximate surface area is 373 Å². The number of aromatic nitrogens is 1. The number of nitrogens with zero attached hydrogens (tertiary/aromatic N) is 1. The molecule has 2 heterocycles. The third kappa shape index (κ3) is 8.23. The highest BCUT2D eigenvalue weighted by Gasteiger charge is 2.16. The van der Waals surface area contributed by atoms with Crippen LogP contribution in [0.5, 0.6) is 0 Å². The second-order valence-electron chi connectivity index (χ2n) is 16.4. The average molecular weight is 834 g/mol. The van der Waals surface area contributed by atoms with Crippen molar-refractivity contribution < 1.29 is 4.42 Å².